The van der Waals surface area contributed by atoms with Gasteiger partial charge in [-0.05, 0) is 91.4 Å². The summed E-state index contributed by atoms with van der Waals surface area (Å²) < 4.78 is 0. The first kappa shape index (κ1) is 22.5. The Morgan fingerprint density at radius 2 is 1.12 bits per heavy atom. The van der Waals surface area contributed by atoms with Gasteiger partial charge >= 0.3 is 0 Å². The van der Waals surface area contributed by atoms with E-state index in [2.05, 4.69) is 109 Å². The lowest BCUT2D eigenvalue weighted by atomic mass is 9.82. The molecule has 0 aliphatic carbocycles. The highest BCUT2D eigenvalue weighted by molar-refractivity contribution is 5.98. The van der Waals surface area contributed by atoms with Crippen molar-refractivity contribution in [3.8, 4) is 11.1 Å². The van der Waals surface area contributed by atoms with Crippen molar-refractivity contribution in [3.05, 3.63) is 77.1 Å². The monoisotopic (exact) mass is 423 g/mol. The molecule has 0 atom stereocenters. The minimum atomic E-state index is 0.417. The maximum atomic E-state index is 4.51. The maximum Gasteiger partial charge on any atom is 0.0349 e. The molecule has 0 saturated heterocycles. The summed E-state index contributed by atoms with van der Waals surface area (Å²) in [5.74, 6) is 1.87. The zero-order chi connectivity index (χ0) is 23.2. The van der Waals surface area contributed by atoms with E-state index in [9.17, 15) is 0 Å². The highest BCUT2D eigenvalue weighted by Crippen LogP contribution is 2.41. The largest absolute Gasteiger partial charge is 0.264 e. The fraction of sp³-hybridized carbons (Fsp3) is 0.387. The lowest BCUT2D eigenvalue weighted by molar-refractivity contribution is 0.858. The van der Waals surface area contributed by atoms with Crippen molar-refractivity contribution < 1.29 is 0 Å². The van der Waals surface area contributed by atoms with Gasteiger partial charge in [0.2, 0.25) is 0 Å². The van der Waals surface area contributed by atoms with Crippen LogP contribution >= 0.6 is 0 Å². The number of hydrogen-bond donors (Lipinski definition) is 0. The predicted molar refractivity (Wildman–Crippen MR) is 141 cm³/mol. The van der Waals surface area contributed by atoms with Crippen molar-refractivity contribution in [3.63, 3.8) is 0 Å². The Bertz CT molecular complexity index is 1270. The number of fused-ring (bicyclic) bond motifs is 2. The fourth-order valence-corrected chi connectivity index (χ4v) is 5.22. The van der Waals surface area contributed by atoms with Gasteiger partial charge in [0.25, 0.3) is 0 Å². The molecule has 0 spiro atoms. The molecule has 4 rings (SSSR count). The summed E-state index contributed by atoms with van der Waals surface area (Å²) in [4.78, 5) is 4.51. The molecule has 1 nitrogen and oxygen atoms in total. The van der Waals surface area contributed by atoms with Gasteiger partial charge in [-0.25, -0.2) is 0 Å². The summed E-state index contributed by atoms with van der Waals surface area (Å²) in [6.45, 7) is 18.4. The molecule has 0 fully saturated rings. The van der Waals surface area contributed by atoms with Crippen LogP contribution in [0.15, 0.2) is 54.9 Å². The molecule has 1 aromatic heterocycles. The maximum absolute atomic E-state index is 4.51. The zero-order valence-corrected chi connectivity index (χ0v) is 21.0. The van der Waals surface area contributed by atoms with Gasteiger partial charge in [0.15, 0.2) is 0 Å². The average Bonchev–Trinajstić information content (AvgIpc) is 2.76. The van der Waals surface area contributed by atoms with Gasteiger partial charge < -0.3 is 0 Å². The van der Waals surface area contributed by atoms with Crippen LogP contribution in [0.5, 0.6) is 0 Å². The second-order valence-corrected chi connectivity index (χ2v) is 10.5. The van der Waals surface area contributed by atoms with E-state index in [0.29, 0.717) is 23.7 Å². The van der Waals surface area contributed by atoms with Gasteiger partial charge in [-0.3, -0.25) is 4.98 Å². The molecule has 3 aromatic carbocycles. The highest BCUT2D eigenvalue weighted by Gasteiger charge is 2.19. The number of nitrogens with zero attached hydrogens (tertiary/aromatic N) is 1. The lowest BCUT2D eigenvalue weighted by Crippen LogP contribution is -2.01. The summed E-state index contributed by atoms with van der Waals surface area (Å²) in [7, 11) is 0. The number of pyridine rings is 1. The first-order chi connectivity index (χ1) is 15.2. The van der Waals surface area contributed by atoms with Crippen LogP contribution in [0, 0.1) is 0 Å². The lowest BCUT2D eigenvalue weighted by Gasteiger charge is -2.22. The molecule has 0 N–H and O–H groups in total. The molecule has 32 heavy (non-hydrogen) atoms. The predicted octanol–water partition coefficient (Wildman–Crippen LogP) is 9.55. The number of hydrogen-bond acceptors (Lipinski definition) is 1. The smallest absolute Gasteiger partial charge is 0.0349 e. The van der Waals surface area contributed by atoms with E-state index in [1.807, 2.05) is 6.20 Å². The third kappa shape index (κ3) is 3.83. The minimum absolute atomic E-state index is 0.417. The van der Waals surface area contributed by atoms with Crippen molar-refractivity contribution in [1.82, 2.24) is 4.98 Å². The normalized spacial score (nSPS) is 12.2. The van der Waals surface area contributed by atoms with Crippen molar-refractivity contribution in [2.24, 2.45) is 0 Å². The Morgan fingerprint density at radius 3 is 1.72 bits per heavy atom. The Hall–Kier alpha value is -2.67. The molecule has 0 bridgehead atoms. The van der Waals surface area contributed by atoms with Gasteiger partial charge in [0.1, 0.15) is 0 Å². The van der Waals surface area contributed by atoms with E-state index in [-0.39, 0.29) is 0 Å². The molecule has 0 amide bonds. The molecule has 1 heterocycles. The number of rotatable bonds is 5. The Morgan fingerprint density at radius 1 is 0.531 bits per heavy atom. The second-order valence-electron chi connectivity index (χ2n) is 10.5. The van der Waals surface area contributed by atoms with Crippen LogP contribution in [0.4, 0.5) is 0 Å². The van der Waals surface area contributed by atoms with Crippen LogP contribution in [-0.2, 0) is 0 Å². The summed E-state index contributed by atoms with van der Waals surface area (Å²) in [5, 5.41) is 5.43. The standard InChI is InChI=1S/C31H37N/c1-18(2)23-11-12-24(19(3)4)29-15-22(9-10-25(23)29)28-16-27(20(5)6)26-13-14-32-17-30(26)31(28)21(7)8/h9-21H,1-8H3. The van der Waals surface area contributed by atoms with Crippen LogP contribution in [-0.4, -0.2) is 4.98 Å². The number of aromatic nitrogens is 1. The molecular formula is C31H37N. The minimum Gasteiger partial charge on any atom is -0.264 e. The quantitative estimate of drug-likeness (QED) is 0.311. The molecule has 0 aliphatic rings. The van der Waals surface area contributed by atoms with Crippen molar-refractivity contribution >= 4 is 21.5 Å². The molecule has 0 unspecified atom stereocenters. The molecule has 166 valence electrons. The van der Waals surface area contributed by atoms with Gasteiger partial charge in [-0.1, -0.05) is 79.7 Å². The molecule has 1 heteroatoms. The second kappa shape index (κ2) is 8.70. The molecule has 0 saturated carbocycles. The van der Waals surface area contributed by atoms with Gasteiger partial charge in [0.05, 0.1) is 0 Å². The fourth-order valence-electron chi connectivity index (χ4n) is 5.22. The van der Waals surface area contributed by atoms with Gasteiger partial charge in [0, 0.05) is 17.8 Å². The zero-order valence-electron chi connectivity index (χ0n) is 21.0. The summed E-state index contributed by atoms with van der Waals surface area (Å²) in [5.41, 5.74) is 8.35. The third-order valence-electron chi connectivity index (χ3n) is 6.85. The van der Waals surface area contributed by atoms with Gasteiger partial charge in [-0.2, -0.15) is 0 Å². The Labute approximate surface area is 193 Å². The molecule has 0 aliphatic heterocycles. The Balaban J connectivity index is 2.09. The highest BCUT2D eigenvalue weighted by atomic mass is 14.6. The molecule has 0 radical (unpaired) electrons. The van der Waals surface area contributed by atoms with Crippen LogP contribution in [0.3, 0.4) is 0 Å². The summed E-state index contributed by atoms with van der Waals surface area (Å²) in [6.07, 6.45) is 3.99. The van der Waals surface area contributed by atoms with Crippen LogP contribution in [0.1, 0.15) is 101 Å². The summed E-state index contributed by atoms with van der Waals surface area (Å²) in [6, 6.07) is 16.5. The van der Waals surface area contributed by atoms with E-state index in [4.69, 9.17) is 0 Å². The van der Waals surface area contributed by atoms with E-state index in [0.717, 1.165) is 0 Å². The van der Waals surface area contributed by atoms with Crippen molar-refractivity contribution in [1.29, 1.82) is 0 Å². The van der Waals surface area contributed by atoms with Crippen molar-refractivity contribution in [2.45, 2.75) is 79.1 Å². The summed E-state index contributed by atoms with van der Waals surface area (Å²) >= 11 is 0. The molecule has 4 aromatic rings. The Kier molecular flexibility index (Phi) is 6.12. The first-order valence-corrected chi connectivity index (χ1v) is 12.2. The van der Waals surface area contributed by atoms with E-state index < -0.39 is 0 Å². The van der Waals surface area contributed by atoms with Gasteiger partial charge in [-0.15, -0.1) is 0 Å². The van der Waals surface area contributed by atoms with E-state index in [1.165, 1.54) is 54.9 Å². The average molecular weight is 424 g/mol. The van der Waals surface area contributed by atoms with E-state index >= 15 is 0 Å². The van der Waals surface area contributed by atoms with Crippen LogP contribution in [0.2, 0.25) is 0 Å². The van der Waals surface area contributed by atoms with Crippen molar-refractivity contribution in [2.75, 3.05) is 0 Å². The third-order valence-corrected chi connectivity index (χ3v) is 6.85. The number of benzene rings is 3. The topological polar surface area (TPSA) is 12.9 Å². The van der Waals surface area contributed by atoms with Crippen LogP contribution in [0.25, 0.3) is 32.7 Å². The first-order valence-electron chi connectivity index (χ1n) is 12.2. The SMILES string of the molecule is CC(C)c1ccc(C(C)C)c2cc(-c3cc(C(C)C)c4ccncc4c3C(C)C)ccc12. The molecular weight excluding hydrogens is 386 g/mol. The van der Waals surface area contributed by atoms with Crippen LogP contribution < -0.4 is 0 Å². The van der Waals surface area contributed by atoms with E-state index in [1.54, 1.807) is 0 Å².